The average Bonchev–Trinajstić information content (AvgIpc) is 0.722. The molecule has 0 amide bonds. The van der Waals surface area contributed by atoms with Gasteiger partial charge in [0.1, 0.15) is 0 Å². The SMILES string of the molecule is O.O.O=P([O-])([O-])[O-].[Li+].[Li+].[Li+]. The molecule has 0 aromatic carbocycles. The van der Waals surface area contributed by atoms with E-state index in [1.807, 2.05) is 0 Å². The van der Waals surface area contributed by atoms with E-state index in [1.165, 1.54) is 0 Å². The molecule has 0 spiro atoms. The van der Waals surface area contributed by atoms with E-state index in [2.05, 4.69) is 0 Å². The quantitative estimate of drug-likeness (QED) is 0.250. The van der Waals surface area contributed by atoms with Gasteiger partial charge in [-0.05, 0) is 0 Å². The minimum absolute atomic E-state index is 0. The van der Waals surface area contributed by atoms with Gasteiger partial charge in [-0.3, -0.25) is 0 Å². The Morgan fingerprint density at radius 2 is 0.800 bits per heavy atom. The second-order valence-electron chi connectivity index (χ2n) is 0.447. The van der Waals surface area contributed by atoms with Crippen LogP contribution in [0.1, 0.15) is 0 Å². The summed E-state index contributed by atoms with van der Waals surface area (Å²) in [6.07, 6.45) is 0. The molecule has 0 aromatic rings. The van der Waals surface area contributed by atoms with Crippen molar-refractivity contribution in [2.45, 2.75) is 0 Å². The monoisotopic (exact) mass is 152 g/mol. The molecule has 0 fully saturated rings. The summed E-state index contributed by atoms with van der Waals surface area (Å²) in [7, 11) is -5.39. The zero-order valence-corrected chi connectivity index (χ0v) is 6.97. The first-order valence-electron chi connectivity index (χ1n) is 0.730. The minimum atomic E-state index is -5.39. The van der Waals surface area contributed by atoms with Crippen molar-refractivity contribution in [3.8, 4) is 0 Å². The zero-order valence-electron chi connectivity index (χ0n) is 6.08. The van der Waals surface area contributed by atoms with Crippen molar-refractivity contribution in [1.29, 1.82) is 0 Å². The molecule has 0 rings (SSSR count). The topological polar surface area (TPSA) is 149 Å². The van der Waals surface area contributed by atoms with Crippen LogP contribution in [0.25, 0.3) is 0 Å². The first-order chi connectivity index (χ1) is 2.00. The summed E-state index contributed by atoms with van der Waals surface area (Å²) in [6.45, 7) is 0. The van der Waals surface area contributed by atoms with Crippen molar-refractivity contribution < 1.29 is 86.8 Å². The fourth-order valence-corrected chi connectivity index (χ4v) is 0. The predicted molar refractivity (Wildman–Crippen MR) is 14.8 cm³/mol. The molecular weight excluding hydrogens is 148 g/mol. The third-order valence-electron chi connectivity index (χ3n) is 0. The van der Waals surface area contributed by atoms with Crippen LogP contribution in [0.5, 0.6) is 0 Å². The third kappa shape index (κ3) is 230. The molecule has 10 heavy (non-hydrogen) atoms. The molecule has 0 bridgehead atoms. The maximum atomic E-state index is 8.55. The number of phosphoric acid groups is 1. The Morgan fingerprint density at radius 3 is 0.800 bits per heavy atom. The molecule has 0 atom stereocenters. The number of hydrogen-bond donors (Lipinski definition) is 0. The van der Waals surface area contributed by atoms with E-state index >= 15 is 0 Å². The van der Waals surface area contributed by atoms with Crippen LogP contribution in [0, 0.1) is 0 Å². The summed E-state index contributed by atoms with van der Waals surface area (Å²) >= 11 is 0. The van der Waals surface area contributed by atoms with Crippen molar-refractivity contribution in [3.05, 3.63) is 0 Å². The fraction of sp³-hybridized carbons (Fsp3) is 0. The molecule has 0 aliphatic rings. The van der Waals surface area contributed by atoms with Gasteiger partial charge in [-0.15, -0.1) is 0 Å². The second kappa shape index (κ2) is 17.1. The van der Waals surface area contributed by atoms with Crippen LogP contribution in [0.2, 0.25) is 0 Å². The first-order valence-corrected chi connectivity index (χ1v) is 2.19. The Kier molecular flexibility index (Phi) is 69.7. The Bertz CT molecular complexity index is 59.1. The molecule has 4 N–H and O–H groups in total. The van der Waals surface area contributed by atoms with E-state index in [0.29, 0.717) is 0 Å². The van der Waals surface area contributed by atoms with Gasteiger partial charge in [0.05, 0.1) is 0 Å². The smallest absolute Gasteiger partial charge is 0.822 e. The van der Waals surface area contributed by atoms with E-state index in [4.69, 9.17) is 19.2 Å². The van der Waals surface area contributed by atoms with Crippen LogP contribution >= 0.6 is 7.82 Å². The normalized spacial score (nSPS) is 5.90. The maximum Gasteiger partial charge on any atom is 1.00 e. The second-order valence-corrected chi connectivity index (χ2v) is 1.34. The van der Waals surface area contributed by atoms with Gasteiger partial charge in [0, 0.05) is 0 Å². The van der Waals surface area contributed by atoms with Crippen molar-refractivity contribution in [3.63, 3.8) is 0 Å². The van der Waals surface area contributed by atoms with Crippen molar-refractivity contribution in [2.75, 3.05) is 0 Å². The van der Waals surface area contributed by atoms with Crippen LogP contribution in [0.15, 0.2) is 0 Å². The minimum Gasteiger partial charge on any atom is -0.822 e. The van der Waals surface area contributed by atoms with E-state index in [0.717, 1.165) is 0 Å². The molecule has 0 aliphatic heterocycles. The maximum absolute atomic E-state index is 8.55. The fourth-order valence-electron chi connectivity index (χ4n) is 0. The van der Waals surface area contributed by atoms with Gasteiger partial charge in [0.15, 0.2) is 0 Å². The molecule has 0 radical (unpaired) electrons. The van der Waals surface area contributed by atoms with Crippen LogP contribution in [0.3, 0.4) is 0 Å². The van der Waals surface area contributed by atoms with Crippen LogP contribution in [0.4, 0.5) is 0 Å². The van der Waals surface area contributed by atoms with E-state index in [9.17, 15) is 0 Å². The summed E-state index contributed by atoms with van der Waals surface area (Å²) in [5.74, 6) is 0. The Labute approximate surface area is 94.2 Å². The van der Waals surface area contributed by atoms with Crippen molar-refractivity contribution in [2.24, 2.45) is 0 Å². The molecule has 0 heterocycles. The van der Waals surface area contributed by atoms with Crippen LogP contribution in [-0.4, -0.2) is 11.0 Å². The first kappa shape index (κ1) is 40.8. The van der Waals surface area contributed by atoms with E-state index in [-0.39, 0.29) is 67.5 Å². The van der Waals surface area contributed by atoms with Gasteiger partial charge >= 0.3 is 56.6 Å². The molecule has 0 aromatic heterocycles. The number of hydrogen-bond acceptors (Lipinski definition) is 4. The average molecular weight is 152 g/mol. The molecule has 0 saturated heterocycles. The summed E-state index contributed by atoms with van der Waals surface area (Å²) in [5.41, 5.74) is 0. The van der Waals surface area contributed by atoms with Gasteiger partial charge in [-0.2, -0.15) is 7.82 Å². The Hall–Kier alpha value is 1.82. The number of rotatable bonds is 0. The summed E-state index contributed by atoms with van der Waals surface area (Å²) in [6, 6.07) is 0. The molecule has 0 saturated carbocycles. The van der Waals surface area contributed by atoms with Gasteiger partial charge in [-0.25, -0.2) is 0 Å². The van der Waals surface area contributed by atoms with Crippen molar-refractivity contribution >= 4 is 7.82 Å². The summed E-state index contributed by atoms with van der Waals surface area (Å²) in [4.78, 5) is 25.6. The summed E-state index contributed by atoms with van der Waals surface area (Å²) < 4.78 is 8.55. The van der Waals surface area contributed by atoms with E-state index < -0.39 is 7.82 Å². The molecule has 0 unspecified atom stereocenters. The molecule has 6 nitrogen and oxygen atoms in total. The molecule has 0 aliphatic carbocycles. The molecule has 48 valence electrons. The van der Waals surface area contributed by atoms with Crippen LogP contribution < -0.4 is 71.3 Å². The largest absolute Gasteiger partial charge is 1.00 e. The van der Waals surface area contributed by atoms with Gasteiger partial charge in [-0.1, -0.05) is 0 Å². The predicted octanol–water partition coefficient (Wildman–Crippen LogP) is -13.5. The van der Waals surface area contributed by atoms with Gasteiger partial charge < -0.3 is 30.2 Å². The van der Waals surface area contributed by atoms with E-state index in [1.54, 1.807) is 0 Å². The molecule has 10 heteroatoms. The standard InChI is InChI=1S/3Li.H3O4P.2H2O/c;;;1-5(2,3)4;;/h;;;(H3,1,2,3,4);2*1H2/q3*+1;;;/p-3. The van der Waals surface area contributed by atoms with Crippen LogP contribution in [-0.2, 0) is 4.57 Å². The zero-order chi connectivity index (χ0) is 4.50. The summed E-state index contributed by atoms with van der Waals surface area (Å²) in [5, 5.41) is 0. The molecular formula is H4Li3O6P. The third-order valence-corrected chi connectivity index (χ3v) is 0. The van der Waals surface area contributed by atoms with Gasteiger partial charge in [0.2, 0.25) is 0 Å². The van der Waals surface area contributed by atoms with Crippen molar-refractivity contribution in [1.82, 2.24) is 0 Å². The van der Waals surface area contributed by atoms with Gasteiger partial charge in [0.25, 0.3) is 0 Å². The Balaban J connectivity index is -0.00000000800. The Morgan fingerprint density at radius 1 is 0.800 bits per heavy atom.